The van der Waals surface area contributed by atoms with Crippen LogP contribution < -0.4 is 0 Å². The van der Waals surface area contributed by atoms with Gasteiger partial charge < -0.3 is 0 Å². The van der Waals surface area contributed by atoms with Gasteiger partial charge in [0.25, 0.3) is 0 Å². The standard InChI is InChI=1S/C21H25.2C7H5Cl2.C5H5.CH2.2ClH.Zr/c1-20(2,3)16-9-7-14-11-15-8-10-17(21(4,5)6)13-19(15)18(14)12-16;2*1-5-2-3-6(8)4-7(5)9;1-2-4-5-3-1;;;;/h7,9-10,12-13H,11H2,1-6H3;2*3-4H,1H3;1-3H,4H2;1H2;2*1H;/q4*-1;;;;. The summed E-state index contributed by atoms with van der Waals surface area (Å²) in [6.45, 7) is 17.4. The molecule has 0 unspecified atom stereocenters. The van der Waals surface area contributed by atoms with Crippen molar-refractivity contribution in [3.63, 3.8) is 0 Å². The molecule has 7 heteroatoms. The molecule has 0 nitrogen and oxygen atoms in total. The van der Waals surface area contributed by atoms with Crippen molar-refractivity contribution in [3.05, 3.63) is 151 Å². The van der Waals surface area contributed by atoms with Crippen molar-refractivity contribution >= 4 is 75.4 Å². The molecule has 4 aromatic carbocycles. The molecular formula is C41H44Cl6Zr-4. The van der Waals surface area contributed by atoms with Crippen LogP contribution in [-0.2, 0) is 41.5 Å². The molecule has 0 fully saturated rings. The van der Waals surface area contributed by atoms with Crippen molar-refractivity contribution in [3.8, 4) is 11.1 Å². The molecular weight excluding hydrogens is 796 g/mol. The molecule has 0 saturated heterocycles. The summed E-state index contributed by atoms with van der Waals surface area (Å²) in [7, 11) is 0. The van der Waals surface area contributed by atoms with Gasteiger partial charge in [0.05, 0.1) is 0 Å². The van der Waals surface area contributed by atoms with Gasteiger partial charge in [-0.15, -0.1) is 60.1 Å². The summed E-state index contributed by atoms with van der Waals surface area (Å²) in [6.07, 6.45) is 11.0. The molecule has 4 aromatic rings. The van der Waals surface area contributed by atoms with E-state index in [4.69, 9.17) is 46.4 Å². The van der Waals surface area contributed by atoms with Crippen LogP contribution in [0.1, 0.15) is 81.3 Å². The predicted molar refractivity (Wildman–Crippen MR) is 214 cm³/mol. The van der Waals surface area contributed by atoms with E-state index >= 15 is 0 Å². The van der Waals surface area contributed by atoms with Crippen molar-refractivity contribution in [1.82, 2.24) is 0 Å². The third-order valence-electron chi connectivity index (χ3n) is 7.21. The number of hydrogen-bond donors (Lipinski definition) is 0. The number of benzene rings is 4. The Morgan fingerprint density at radius 1 is 0.667 bits per heavy atom. The first-order valence-corrected chi connectivity index (χ1v) is 18.2. The third-order valence-corrected chi connectivity index (χ3v) is 8.43. The molecule has 0 heterocycles. The van der Waals surface area contributed by atoms with Crippen LogP contribution >= 0.6 is 71.2 Å². The Kier molecular flexibility index (Phi) is 21.4. The van der Waals surface area contributed by atoms with Crippen molar-refractivity contribution < 1.29 is 24.2 Å². The molecule has 0 aliphatic heterocycles. The third kappa shape index (κ3) is 15.0. The number of aryl methyl sites for hydroxylation is 2. The fourth-order valence-electron chi connectivity index (χ4n) is 4.36. The van der Waals surface area contributed by atoms with Gasteiger partial charge in [-0.3, -0.25) is 6.08 Å². The molecule has 0 amide bonds. The molecule has 0 aromatic heterocycles. The summed E-state index contributed by atoms with van der Waals surface area (Å²) in [5.74, 6) is 0. The summed E-state index contributed by atoms with van der Waals surface area (Å²) in [5, 5.41) is 2.60. The molecule has 2 aliphatic carbocycles. The van der Waals surface area contributed by atoms with E-state index in [2.05, 4.69) is 106 Å². The normalized spacial score (nSPS) is 11.6. The van der Waals surface area contributed by atoms with Crippen LogP contribution in [-0.4, -0.2) is 4.21 Å². The molecule has 0 N–H and O–H groups in total. The van der Waals surface area contributed by atoms with Crippen LogP contribution in [0.4, 0.5) is 0 Å². The van der Waals surface area contributed by atoms with Crippen LogP contribution in [0.25, 0.3) is 11.1 Å². The monoisotopic (exact) mass is 836 g/mol. The Bertz CT molecular complexity index is 1540. The van der Waals surface area contributed by atoms with Crippen LogP contribution in [0.3, 0.4) is 0 Å². The maximum absolute atomic E-state index is 5.70. The van der Waals surface area contributed by atoms with E-state index in [1.165, 1.54) is 57.6 Å². The van der Waals surface area contributed by atoms with Gasteiger partial charge in [-0.2, -0.15) is 106 Å². The quantitative estimate of drug-likeness (QED) is 0.136. The number of halogens is 6. The van der Waals surface area contributed by atoms with Crippen LogP contribution in [0.5, 0.6) is 0 Å². The molecule has 0 saturated carbocycles. The SMILES string of the molecule is CC(C)(C)c1c[c-]c2c(c1)-c1cc(C(C)(C)C)ccc1C2.Cc1[c-]cc(Cl)cc1Cl.Cc1[c-]cc(Cl)cc1Cl.Cl.Cl.[C-]1=CC=CC1.[CH2]=[Zr]. The Morgan fingerprint density at radius 2 is 1.17 bits per heavy atom. The van der Waals surface area contributed by atoms with E-state index in [0.29, 0.717) is 20.1 Å². The average molecular weight is 841 g/mol. The predicted octanol–water partition coefficient (Wildman–Crippen LogP) is 14.0. The summed E-state index contributed by atoms with van der Waals surface area (Å²) in [4.78, 5) is 0. The Labute approximate surface area is 337 Å². The second-order valence-corrected chi connectivity index (χ2v) is 14.6. The van der Waals surface area contributed by atoms with Gasteiger partial charge in [0, 0.05) is 0 Å². The van der Waals surface area contributed by atoms with Crippen molar-refractivity contribution in [2.24, 2.45) is 0 Å². The molecule has 0 bridgehead atoms. The van der Waals surface area contributed by atoms with Crippen LogP contribution in [0.15, 0.2) is 72.8 Å². The van der Waals surface area contributed by atoms with Crippen molar-refractivity contribution in [1.29, 1.82) is 0 Å². The molecule has 2 aliphatic rings. The van der Waals surface area contributed by atoms with Gasteiger partial charge in [-0.05, 0) is 17.4 Å². The molecule has 0 atom stereocenters. The zero-order chi connectivity index (χ0) is 34.7. The number of allylic oxidation sites excluding steroid dienone is 4. The number of fused-ring (bicyclic) bond motifs is 3. The summed E-state index contributed by atoms with van der Waals surface area (Å²) >= 11 is 23.9. The first kappa shape index (κ1) is 46.9. The van der Waals surface area contributed by atoms with Gasteiger partial charge in [0.15, 0.2) is 0 Å². The van der Waals surface area contributed by atoms with E-state index in [-0.39, 0.29) is 35.6 Å². The Balaban J connectivity index is 0.000000682. The van der Waals surface area contributed by atoms with E-state index in [1.807, 2.05) is 26.0 Å². The minimum atomic E-state index is 0. The number of rotatable bonds is 0. The van der Waals surface area contributed by atoms with Crippen molar-refractivity contribution in [2.45, 2.75) is 79.1 Å². The van der Waals surface area contributed by atoms with E-state index in [0.717, 1.165) is 24.0 Å². The Hall–Kier alpha value is -1.15. The fourth-order valence-corrected chi connectivity index (χ4v) is 5.14. The number of hydrogen-bond acceptors (Lipinski definition) is 0. The molecule has 0 radical (unpaired) electrons. The van der Waals surface area contributed by atoms with E-state index in [9.17, 15) is 0 Å². The first-order chi connectivity index (χ1) is 21.6. The van der Waals surface area contributed by atoms with Crippen molar-refractivity contribution in [2.75, 3.05) is 0 Å². The van der Waals surface area contributed by atoms with Crippen LogP contribution in [0.2, 0.25) is 20.1 Å². The van der Waals surface area contributed by atoms with Crippen LogP contribution in [0, 0.1) is 38.1 Å². The van der Waals surface area contributed by atoms with E-state index in [1.54, 1.807) is 24.3 Å². The molecule has 48 heavy (non-hydrogen) atoms. The molecule has 6 rings (SSSR count). The van der Waals surface area contributed by atoms with E-state index < -0.39 is 0 Å². The van der Waals surface area contributed by atoms with Gasteiger partial charge in [-0.1, -0.05) is 110 Å². The second-order valence-electron chi connectivity index (χ2n) is 12.9. The average Bonchev–Trinajstić information content (AvgIpc) is 3.70. The van der Waals surface area contributed by atoms with Gasteiger partial charge in [0.1, 0.15) is 0 Å². The summed E-state index contributed by atoms with van der Waals surface area (Å²) in [6, 6.07) is 27.7. The first-order valence-electron chi connectivity index (χ1n) is 15.0. The second kappa shape index (κ2) is 21.9. The maximum atomic E-state index is 5.70. The summed E-state index contributed by atoms with van der Waals surface area (Å²) in [5.41, 5.74) is 10.6. The molecule has 0 spiro atoms. The Morgan fingerprint density at radius 3 is 1.54 bits per heavy atom. The zero-order valence-corrected chi connectivity index (χ0v) is 36.0. The summed E-state index contributed by atoms with van der Waals surface area (Å²) < 4.78 is 3.34. The topological polar surface area (TPSA) is 0 Å². The van der Waals surface area contributed by atoms with Gasteiger partial charge in [0.2, 0.25) is 0 Å². The minimum absolute atomic E-state index is 0. The fraction of sp³-hybridized carbons (Fsp3) is 0.293. The van der Waals surface area contributed by atoms with Gasteiger partial charge >= 0.3 is 28.4 Å². The zero-order valence-electron chi connectivity index (χ0n) is 28.9. The van der Waals surface area contributed by atoms with Gasteiger partial charge in [-0.25, -0.2) is 12.2 Å². The molecule has 258 valence electrons.